The van der Waals surface area contributed by atoms with Crippen LogP contribution in [0.25, 0.3) is 0 Å². The zero-order valence-electron chi connectivity index (χ0n) is 10.9. The summed E-state index contributed by atoms with van der Waals surface area (Å²) < 4.78 is 6.08. The summed E-state index contributed by atoms with van der Waals surface area (Å²) in [5.41, 5.74) is 2.53. The lowest BCUT2D eigenvalue weighted by atomic mass is 10.3. The molecule has 2 rings (SSSR count). The van der Waals surface area contributed by atoms with Crippen LogP contribution in [0.5, 0.6) is 0 Å². The molecule has 1 aliphatic rings. The topological polar surface area (TPSA) is 88.3 Å². The zero-order valence-corrected chi connectivity index (χ0v) is 12.5. The number of aromatic nitrogens is 2. The van der Waals surface area contributed by atoms with Crippen LogP contribution in [-0.2, 0) is 4.74 Å². The van der Waals surface area contributed by atoms with E-state index in [9.17, 15) is 0 Å². The first kappa shape index (κ1) is 14.4. The summed E-state index contributed by atoms with van der Waals surface area (Å²) >= 11 is 3.43. The molecule has 0 bridgehead atoms. The highest BCUT2D eigenvalue weighted by atomic mass is 79.9. The Kier molecular flexibility index (Phi) is 5.32. The van der Waals surface area contributed by atoms with Crippen LogP contribution in [0.1, 0.15) is 6.92 Å². The van der Waals surface area contributed by atoms with Crippen molar-refractivity contribution in [1.29, 1.82) is 0 Å². The highest BCUT2D eigenvalue weighted by Crippen LogP contribution is 2.26. The number of anilines is 2. The Hall–Kier alpha value is -0.960. The molecule has 19 heavy (non-hydrogen) atoms. The maximum Gasteiger partial charge on any atom is 0.159 e. The first-order valence-electron chi connectivity index (χ1n) is 6.24. The number of rotatable bonds is 5. The molecule has 1 aromatic rings. The van der Waals surface area contributed by atoms with E-state index >= 15 is 0 Å². The van der Waals surface area contributed by atoms with E-state index in [1.54, 1.807) is 0 Å². The smallest absolute Gasteiger partial charge is 0.159 e. The van der Waals surface area contributed by atoms with Gasteiger partial charge in [0.15, 0.2) is 5.82 Å². The molecule has 0 spiro atoms. The molecule has 4 N–H and O–H groups in total. The number of halogens is 1. The number of nitrogens with one attached hydrogen (secondary N) is 2. The second-order valence-electron chi connectivity index (χ2n) is 4.49. The van der Waals surface area contributed by atoms with Crippen LogP contribution in [0.4, 0.5) is 11.6 Å². The summed E-state index contributed by atoms with van der Waals surface area (Å²) in [7, 11) is 0. The van der Waals surface area contributed by atoms with E-state index in [-0.39, 0.29) is 6.04 Å². The van der Waals surface area contributed by atoms with Gasteiger partial charge in [-0.1, -0.05) is 0 Å². The first-order valence-corrected chi connectivity index (χ1v) is 7.03. The molecule has 1 unspecified atom stereocenters. The third-order valence-electron chi connectivity index (χ3n) is 2.95. The number of nitrogens with two attached hydrogens (primary N) is 1. The van der Waals surface area contributed by atoms with Gasteiger partial charge in [-0.3, -0.25) is 4.90 Å². The summed E-state index contributed by atoms with van der Waals surface area (Å²) in [6.45, 7) is 6.65. The fourth-order valence-electron chi connectivity index (χ4n) is 2.02. The van der Waals surface area contributed by atoms with E-state index in [4.69, 9.17) is 10.6 Å². The van der Waals surface area contributed by atoms with Crippen molar-refractivity contribution in [2.45, 2.75) is 13.0 Å². The number of hydrogen-bond donors (Lipinski definition) is 3. The molecular weight excluding hydrogens is 312 g/mol. The Balaban J connectivity index is 1.92. The van der Waals surface area contributed by atoms with E-state index in [1.165, 1.54) is 6.33 Å². The molecule has 106 valence electrons. The monoisotopic (exact) mass is 330 g/mol. The Bertz CT molecular complexity index is 412. The average molecular weight is 331 g/mol. The van der Waals surface area contributed by atoms with E-state index in [0.717, 1.165) is 43.1 Å². The van der Waals surface area contributed by atoms with Gasteiger partial charge in [0.05, 0.1) is 13.2 Å². The summed E-state index contributed by atoms with van der Waals surface area (Å²) in [6.07, 6.45) is 1.48. The number of nitrogen functional groups attached to an aromatic ring is 1. The lowest BCUT2D eigenvalue weighted by Crippen LogP contribution is -2.42. The van der Waals surface area contributed by atoms with Crippen LogP contribution < -0.4 is 16.6 Å². The molecule has 1 saturated heterocycles. The molecule has 0 aliphatic carbocycles. The van der Waals surface area contributed by atoms with E-state index in [1.807, 2.05) is 0 Å². The van der Waals surface area contributed by atoms with Crippen molar-refractivity contribution in [2.24, 2.45) is 5.84 Å². The van der Waals surface area contributed by atoms with Crippen molar-refractivity contribution in [3.63, 3.8) is 0 Å². The summed E-state index contributed by atoms with van der Waals surface area (Å²) in [4.78, 5) is 10.6. The van der Waals surface area contributed by atoms with Crippen molar-refractivity contribution in [3.05, 3.63) is 10.8 Å². The molecule has 2 heterocycles. The quantitative estimate of drug-likeness (QED) is 0.539. The molecule has 1 fully saturated rings. The van der Waals surface area contributed by atoms with Crippen molar-refractivity contribution >= 4 is 27.6 Å². The van der Waals surface area contributed by atoms with E-state index in [0.29, 0.717) is 5.82 Å². The van der Waals surface area contributed by atoms with E-state index < -0.39 is 0 Å². The van der Waals surface area contributed by atoms with Crippen LogP contribution >= 0.6 is 15.9 Å². The molecule has 7 nitrogen and oxygen atoms in total. The number of morpholine rings is 1. The van der Waals surface area contributed by atoms with Crippen LogP contribution in [0.3, 0.4) is 0 Å². The van der Waals surface area contributed by atoms with Gasteiger partial charge in [0.25, 0.3) is 0 Å². The SMILES string of the molecule is CC(CN1CCOCC1)Nc1ncnc(NN)c1Br. The second kappa shape index (κ2) is 6.99. The average Bonchev–Trinajstić information content (AvgIpc) is 2.42. The van der Waals surface area contributed by atoms with Gasteiger partial charge in [0, 0.05) is 25.7 Å². The molecular formula is C11H19BrN6O. The molecule has 8 heteroatoms. The largest absolute Gasteiger partial charge is 0.379 e. The minimum atomic E-state index is 0.273. The minimum absolute atomic E-state index is 0.273. The minimum Gasteiger partial charge on any atom is -0.379 e. The van der Waals surface area contributed by atoms with Crippen molar-refractivity contribution < 1.29 is 4.74 Å². The zero-order chi connectivity index (χ0) is 13.7. The van der Waals surface area contributed by atoms with Gasteiger partial charge in [-0.15, -0.1) is 0 Å². The Morgan fingerprint density at radius 1 is 1.42 bits per heavy atom. The van der Waals surface area contributed by atoms with Crippen molar-refractivity contribution in [3.8, 4) is 0 Å². The number of nitrogens with zero attached hydrogens (tertiary/aromatic N) is 3. The number of hydrazine groups is 1. The summed E-state index contributed by atoms with van der Waals surface area (Å²) in [6, 6.07) is 0.273. The molecule has 1 aromatic heterocycles. The predicted molar refractivity (Wildman–Crippen MR) is 77.9 cm³/mol. The van der Waals surface area contributed by atoms with Crippen LogP contribution in [0, 0.1) is 0 Å². The molecule has 0 aromatic carbocycles. The fourth-order valence-corrected chi connectivity index (χ4v) is 2.45. The molecule has 0 saturated carbocycles. The molecule has 1 aliphatic heterocycles. The van der Waals surface area contributed by atoms with Crippen LogP contribution in [0.15, 0.2) is 10.8 Å². The predicted octanol–water partition coefficient (Wildman–Crippen LogP) is 0.657. The van der Waals surface area contributed by atoms with Crippen molar-refractivity contribution in [1.82, 2.24) is 14.9 Å². The van der Waals surface area contributed by atoms with Gasteiger partial charge in [-0.25, -0.2) is 15.8 Å². The van der Waals surface area contributed by atoms with Gasteiger partial charge in [-0.05, 0) is 22.9 Å². The number of ether oxygens (including phenoxy) is 1. The van der Waals surface area contributed by atoms with Gasteiger partial charge >= 0.3 is 0 Å². The Labute approximate surface area is 121 Å². The normalized spacial score (nSPS) is 18.1. The molecule has 1 atom stereocenters. The van der Waals surface area contributed by atoms with Gasteiger partial charge in [0.1, 0.15) is 16.6 Å². The van der Waals surface area contributed by atoms with Crippen LogP contribution in [-0.4, -0.2) is 53.8 Å². The van der Waals surface area contributed by atoms with Gasteiger partial charge in [-0.2, -0.15) is 0 Å². The molecule has 0 radical (unpaired) electrons. The lowest BCUT2D eigenvalue weighted by Gasteiger charge is -2.29. The third kappa shape index (κ3) is 4.00. The summed E-state index contributed by atoms with van der Waals surface area (Å²) in [5.74, 6) is 6.68. The Morgan fingerprint density at radius 2 is 2.11 bits per heavy atom. The highest BCUT2D eigenvalue weighted by Gasteiger charge is 2.15. The van der Waals surface area contributed by atoms with Gasteiger partial charge in [0.2, 0.25) is 0 Å². The van der Waals surface area contributed by atoms with Crippen LogP contribution in [0.2, 0.25) is 0 Å². The first-order chi connectivity index (χ1) is 9.20. The lowest BCUT2D eigenvalue weighted by molar-refractivity contribution is 0.0368. The number of hydrogen-bond acceptors (Lipinski definition) is 7. The highest BCUT2D eigenvalue weighted by molar-refractivity contribution is 9.10. The second-order valence-corrected chi connectivity index (χ2v) is 5.28. The maximum absolute atomic E-state index is 5.38. The Morgan fingerprint density at radius 3 is 2.79 bits per heavy atom. The standard InChI is InChI=1S/C11H19BrN6O/c1-8(6-18-2-4-19-5-3-18)16-10-9(12)11(17-13)15-7-14-10/h7-8H,2-6,13H2,1H3,(H2,14,15,16,17). The van der Waals surface area contributed by atoms with E-state index in [2.05, 4.69) is 48.5 Å². The maximum atomic E-state index is 5.38. The fraction of sp³-hybridized carbons (Fsp3) is 0.636. The third-order valence-corrected chi connectivity index (χ3v) is 3.70. The summed E-state index contributed by atoms with van der Waals surface area (Å²) in [5, 5.41) is 3.36. The van der Waals surface area contributed by atoms with Crippen molar-refractivity contribution in [2.75, 3.05) is 43.6 Å². The van der Waals surface area contributed by atoms with Gasteiger partial charge < -0.3 is 15.5 Å². The molecule has 0 amide bonds.